The molecule has 0 fully saturated rings. The van der Waals surface area contributed by atoms with E-state index in [0.717, 1.165) is 45.8 Å². The second-order valence-corrected chi connectivity index (χ2v) is 9.48. The average Bonchev–Trinajstić information content (AvgIpc) is 3.38. The normalized spacial score (nSPS) is 15.2. The Morgan fingerprint density at radius 1 is 0.919 bits per heavy atom. The monoisotopic (exact) mass is 506 g/mol. The van der Waals surface area contributed by atoms with E-state index in [4.69, 9.17) is 21.4 Å². The SMILES string of the molecule is COc1ccc(C2CC(c3ccc(Cl)cc3)=NN2c2ccc(/C=C\C(=O)c3ccc(C)cc3)cc2)cc1. The molecule has 4 aromatic carbocycles. The molecule has 0 aliphatic carbocycles. The Morgan fingerprint density at radius 3 is 2.24 bits per heavy atom. The highest BCUT2D eigenvalue weighted by Crippen LogP contribution is 2.37. The number of hydrazone groups is 1. The quantitative estimate of drug-likeness (QED) is 0.189. The third kappa shape index (κ3) is 5.65. The molecule has 4 aromatic rings. The van der Waals surface area contributed by atoms with Crippen molar-refractivity contribution in [1.29, 1.82) is 0 Å². The third-order valence-corrected chi connectivity index (χ3v) is 6.76. The highest BCUT2D eigenvalue weighted by atomic mass is 35.5. The predicted molar refractivity (Wildman–Crippen MR) is 152 cm³/mol. The summed E-state index contributed by atoms with van der Waals surface area (Å²) in [6.07, 6.45) is 4.23. The molecule has 0 amide bonds. The zero-order valence-electron chi connectivity index (χ0n) is 20.8. The van der Waals surface area contributed by atoms with Gasteiger partial charge >= 0.3 is 0 Å². The van der Waals surface area contributed by atoms with Crippen molar-refractivity contribution in [2.24, 2.45) is 5.10 Å². The Labute approximate surface area is 222 Å². The van der Waals surface area contributed by atoms with E-state index in [1.54, 1.807) is 13.2 Å². The van der Waals surface area contributed by atoms with Gasteiger partial charge in [-0.25, -0.2) is 0 Å². The summed E-state index contributed by atoms with van der Waals surface area (Å²) in [5.41, 5.74) is 6.96. The van der Waals surface area contributed by atoms with Crippen LogP contribution in [0.3, 0.4) is 0 Å². The molecule has 1 atom stereocenters. The standard InChI is InChI=1S/C32H27ClN2O2/c1-22-3-8-26(9-4-22)32(36)20-7-23-5-16-28(17-6-23)35-31(25-12-18-29(37-2)19-13-25)21-30(34-35)24-10-14-27(33)15-11-24/h3-20,31H,21H2,1-2H3/b20-7-. The van der Waals surface area contributed by atoms with Crippen molar-refractivity contribution in [3.8, 4) is 5.75 Å². The van der Waals surface area contributed by atoms with Crippen molar-refractivity contribution in [2.75, 3.05) is 12.1 Å². The number of carbonyl (C=O) groups is 1. The molecule has 0 spiro atoms. The molecule has 5 heteroatoms. The van der Waals surface area contributed by atoms with E-state index >= 15 is 0 Å². The first kappa shape index (κ1) is 24.5. The second kappa shape index (κ2) is 10.9. The number of carbonyl (C=O) groups excluding carboxylic acids is 1. The van der Waals surface area contributed by atoms with E-state index in [2.05, 4.69) is 17.1 Å². The second-order valence-electron chi connectivity index (χ2n) is 9.05. The molecule has 0 bridgehead atoms. The molecule has 0 aromatic heterocycles. The maximum Gasteiger partial charge on any atom is 0.185 e. The van der Waals surface area contributed by atoms with Crippen LogP contribution in [0.2, 0.25) is 5.02 Å². The van der Waals surface area contributed by atoms with Crippen molar-refractivity contribution in [3.63, 3.8) is 0 Å². The van der Waals surface area contributed by atoms with Gasteiger partial charge in [0.15, 0.2) is 5.78 Å². The zero-order chi connectivity index (χ0) is 25.8. The van der Waals surface area contributed by atoms with Gasteiger partial charge in [0, 0.05) is 17.0 Å². The molecular weight excluding hydrogens is 480 g/mol. The van der Waals surface area contributed by atoms with Gasteiger partial charge in [0.05, 0.1) is 24.6 Å². The highest BCUT2D eigenvalue weighted by molar-refractivity contribution is 6.30. The Kier molecular flexibility index (Phi) is 7.20. The molecule has 184 valence electrons. The number of halogens is 1. The van der Waals surface area contributed by atoms with Crippen molar-refractivity contribution in [1.82, 2.24) is 0 Å². The van der Waals surface area contributed by atoms with Crippen LogP contribution in [0, 0.1) is 6.92 Å². The predicted octanol–water partition coefficient (Wildman–Crippen LogP) is 7.91. The fourth-order valence-corrected chi connectivity index (χ4v) is 4.50. The topological polar surface area (TPSA) is 41.9 Å². The van der Waals surface area contributed by atoms with E-state index in [0.29, 0.717) is 10.6 Å². The minimum absolute atomic E-state index is 0.0135. The fraction of sp³-hybridized carbons (Fsp3) is 0.125. The summed E-state index contributed by atoms with van der Waals surface area (Å²) >= 11 is 6.11. The van der Waals surface area contributed by atoms with Gasteiger partial charge < -0.3 is 4.74 Å². The molecule has 0 saturated carbocycles. The number of nitrogens with zero attached hydrogens (tertiary/aromatic N) is 2. The molecule has 1 aliphatic rings. The maximum absolute atomic E-state index is 12.5. The highest BCUT2D eigenvalue weighted by Gasteiger charge is 2.30. The smallest absolute Gasteiger partial charge is 0.185 e. The van der Waals surface area contributed by atoms with Gasteiger partial charge in [-0.15, -0.1) is 0 Å². The van der Waals surface area contributed by atoms with Crippen LogP contribution in [-0.4, -0.2) is 18.6 Å². The summed E-state index contributed by atoms with van der Waals surface area (Å²) in [6, 6.07) is 31.7. The summed E-state index contributed by atoms with van der Waals surface area (Å²) in [5.74, 6) is 0.809. The number of benzene rings is 4. The molecule has 5 rings (SSSR count). The number of allylic oxidation sites excluding steroid dienone is 1. The van der Waals surface area contributed by atoms with E-state index < -0.39 is 0 Å². The van der Waals surface area contributed by atoms with E-state index in [1.165, 1.54) is 0 Å². The molecule has 0 N–H and O–H groups in total. The molecule has 4 nitrogen and oxygen atoms in total. The Bertz CT molecular complexity index is 1440. The van der Waals surface area contributed by atoms with Crippen LogP contribution in [0.4, 0.5) is 5.69 Å². The molecule has 0 radical (unpaired) electrons. The first-order chi connectivity index (χ1) is 18.0. The summed E-state index contributed by atoms with van der Waals surface area (Å²) in [6.45, 7) is 2.01. The number of ketones is 1. The summed E-state index contributed by atoms with van der Waals surface area (Å²) in [4.78, 5) is 12.5. The Hall–Kier alpha value is -4.15. The van der Waals surface area contributed by atoms with Crippen LogP contribution >= 0.6 is 11.6 Å². The van der Waals surface area contributed by atoms with Gasteiger partial charge in [-0.2, -0.15) is 5.10 Å². The van der Waals surface area contributed by atoms with Crippen LogP contribution in [0.25, 0.3) is 6.08 Å². The zero-order valence-corrected chi connectivity index (χ0v) is 21.5. The molecule has 1 unspecified atom stereocenters. The lowest BCUT2D eigenvalue weighted by atomic mass is 9.98. The lowest BCUT2D eigenvalue weighted by Crippen LogP contribution is -2.18. The van der Waals surface area contributed by atoms with E-state index in [9.17, 15) is 4.79 Å². The molecular formula is C32H27ClN2O2. The number of hydrogen-bond donors (Lipinski definition) is 0. The van der Waals surface area contributed by atoms with Crippen molar-refractivity contribution < 1.29 is 9.53 Å². The van der Waals surface area contributed by atoms with E-state index in [1.807, 2.05) is 97.9 Å². The van der Waals surface area contributed by atoms with Gasteiger partial charge in [-0.1, -0.05) is 83.9 Å². The number of aryl methyl sites for hydroxylation is 1. The number of rotatable bonds is 7. The Morgan fingerprint density at radius 2 is 1.59 bits per heavy atom. The first-order valence-electron chi connectivity index (χ1n) is 12.2. The summed E-state index contributed by atoms with van der Waals surface area (Å²) in [5, 5.41) is 7.78. The number of ether oxygens (including phenoxy) is 1. The summed E-state index contributed by atoms with van der Waals surface area (Å²) < 4.78 is 5.35. The van der Waals surface area contributed by atoms with Gasteiger partial charge in [-0.3, -0.25) is 9.80 Å². The van der Waals surface area contributed by atoms with Crippen molar-refractivity contribution in [3.05, 3.63) is 136 Å². The maximum atomic E-state index is 12.5. The fourth-order valence-electron chi connectivity index (χ4n) is 4.37. The van der Waals surface area contributed by atoms with Gasteiger partial charge in [-0.05, 0) is 66.1 Å². The number of methoxy groups -OCH3 is 1. The number of hydrogen-bond acceptors (Lipinski definition) is 4. The first-order valence-corrected chi connectivity index (χ1v) is 12.5. The third-order valence-electron chi connectivity index (χ3n) is 6.51. The molecule has 1 heterocycles. The van der Waals surface area contributed by atoms with Crippen LogP contribution in [0.1, 0.15) is 45.1 Å². The van der Waals surface area contributed by atoms with Crippen molar-refractivity contribution >= 4 is 34.9 Å². The van der Waals surface area contributed by atoms with Crippen molar-refractivity contribution in [2.45, 2.75) is 19.4 Å². The van der Waals surface area contributed by atoms with Crippen LogP contribution in [0.15, 0.2) is 108 Å². The van der Waals surface area contributed by atoms with Crippen LogP contribution in [-0.2, 0) is 0 Å². The number of anilines is 1. The Balaban J connectivity index is 1.40. The van der Waals surface area contributed by atoms with Gasteiger partial charge in [0.2, 0.25) is 0 Å². The minimum atomic E-state index is -0.0135. The molecule has 37 heavy (non-hydrogen) atoms. The van der Waals surface area contributed by atoms with Crippen LogP contribution < -0.4 is 9.75 Å². The summed E-state index contributed by atoms with van der Waals surface area (Å²) in [7, 11) is 1.67. The lowest BCUT2D eigenvalue weighted by molar-refractivity contribution is 0.104. The van der Waals surface area contributed by atoms with E-state index in [-0.39, 0.29) is 11.8 Å². The minimum Gasteiger partial charge on any atom is -0.497 e. The molecule has 0 saturated heterocycles. The molecule has 1 aliphatic heterocycles. The lowest BCUT2D eigenvalue weighted by Gasteiger charge is -2.24. The van der Waals surface area contributed by atoms with Gasteiger partial charge in [0.25, 0.3) is 0 Å². The van der Waals surface area contributed by atoms with Gasteiger partial charge in [0.1, 0.15) is 5.75 Å². The largest absolute Gasteiger partial charge is 0.497 e. The average molecular weight is 507 g/mol. The van der Waals surface area contributed by atoms with Crippen LogP contribution in [0.5, 0.6) is 5.75 Å².